The number of hydrogen-bond acceptors (Lipinski definition) is 9. The molecule has 3 aliphatic heterocycles. The fraction of sp³-hybridized carbons (Fsp3) is 0.318. The zero-order valence-electron chi connectivity index (χ0n) is 30.7. The number of nitrogens with one attached hydrogen (secondary N) is 1. The van der Waals surface area contributed by atoms with Crippen molar-refractivity contribution in [2.75, 3.05) is 48.6 Å². The number of hydrazine groups is 1. The third-order valence-electron chi connectivity index (χ3n) is 12.4. The van der Waals surface area contributed by atoms with Crippen LogP contribution in [-0.2, 0) is 29.3 Å². The van der Waals surface area contributed by atoms with Gasteiger partial charge in [0.15, 0.2) is 11.5 Å². The maximum Gasteiger partial charge on any atom is 0.260 e. The lowest BCUT2D eigenvalue weighted by molar-refractivity contribution is -0.138. The average Bonchev–Trinajstić information content (AvgIpc) is 3.60. The smallest absolute Gasteiger partial charge is 0.260 e. The van der Waals surface area contributed by atoms with Crippen LogP contribution in [0.5, 0.6) is 11.5 Å². The first-order valence-electron chi connectivity index (χ1n) is 18.9. The number of aryl methyl sites for hydroxylation is 1. The first-order valence-corrected chi connectivity index (χ1v) is 18.9. The second kappa shape index (κ2) is 13.4. The molecule has 6 atom stereocenters. The fourth-order valence-electron chi connectivity index (χ4n) is 9.90. The standard InChI is InChI=1S/C44H42N4O7/c1-26-8-11-29(12-9-26)45-48-41(51)35-25-34-32(39(27-10-19-37(54-2)36(49)24-27)44(35,43(48)53)28-6-4-3-5-7-28)17-18-33-38(34)42(52)47(40(33)50)31-15-13-30(14-16-31)46-20-22-55-23-21-46/h3-17,19,24,33-35,38-39,45,49H,18,20-23,25H2,1-2H3. The number of amides is 4. The minimum Gasteiger partial charge on any atom is -0.504 e. The molecule has 2 N–H and O–H groups in total. The van der Waals surface area contributed by atoms with E-state index >= 15 is 4.79 Å². The molecule has 0 radical (unpaired) electrons. The third kappa shape index (κ3) is 5.35. The first-order chi connectivity index (χ1) is 26.7. The Kier molecular flexibility index (Phi) is 8.49. The normalized spacial score (nSPS) is 27.4. The summed E-state index contributed by atoms with van der Waals surface area (Å²) in [5.74, 6) is -4.80. The molecule has 0 aromatic heterocycles. The molecular formula is C44H42N4O7. The van der Waals surface area contributed by atoms with Gasteiger partial charge in [0.25, 0.3) is 11.8 Å². The summed E-state index contributed by atoms with van der Waals surface area (Å²) in [4.78, 5) is 62.7. The maximum atomic E-state index is 15.3. The van der Waals surface area contributed by atoms with Gasteiger partial charge in [-0.25, -0.2) is 0 Å². The molecule has 11 nitrogen and oxygen atoms in total. The monoisotopic (exact) mass is 738 g/mol. The van der Waals surface area contributed by atoms with Gasteiger partial charge in [0.1, 0.15) is 0 Å². The van der Waals surface area contributed by atoms with E-state index in [9.17, 15) is 19.5 Å². The quantitative estimate of drug-likeness (QED) is 0.180. The molecule has 9 rings (SSSR count). The molecule has 3 heterocycles. The summed E-state index contributed by atoms with van der Waals surface area (Å²) < 4.78 is 10.9. The Bertz CT molecular complexity index is 2220. The molecule has 1 saturated carbocycles. The van der Waals surface area contributed by atoms with Crippen LogP contribution in [-0.4, -0.2) is 67.2 Å². The van der Waals surface area contributed by atoms with E-state index in [0.717, 1.165) is 34.9 Å². The molecule has 5 aliphatic rings. The van der Waals surface area contributed by atoms with Crippen LogP contribution in [0.25, 0.3) is 0 Å². The van der Waals surface area contributed by atoms with E-state index in [0.29, 0.717) is 42.1 Å². The van der Waals surface area contributed by atoms with E-state index in [4.69, 9.17) is 9.47 Å². The van der Waals surface area contributed by atoms with Crippen LogP contribution < -0.4 is 20.0 Å². The number of ether oxygens (including phenoxy) is 2. The van der Waals surface area contributed by atoms with E-state index in [1.54, 1.807) is 12.1 Å². The first kappa shape index (κ1) is 34.8. The number of phenolic OH excluding ortho intramolecular Hbond substituents is 1. The highest BCUT2D eigenvalue weighted by Gasteiger charge is 2.70. The Morgan fingerprint density at radius 1 is 0.818 bits per heavy atom. The van der Waals surface area contributed by atoms with Gasteiger partial charge in [0.05, 0.1) is 54.9 Å². The van der Waals surface area contributed by atoms with Gasteiger partial charge in [0.2, 0.25) is 11.8 Å². The van der Waals surface area contributed by atoms with Gasteiger partial charge < -0.3 is 19.5 Å². The van der Waals surface area contributed by atoms with Crippen LogP contribution in [0.15, 0.2) is 109 Å². The van der Waals surface area contributed by atoms with Crippen molar-refractivity contribution in [1.82, 2.24) is 5.01 Å². The molecule has 0 spiro atoms. The lowest BCUT2D eigenvalue weighted by Crippen LogP contribution is -2.53. The Morgan fingerprint density at radius 2 is 1.53 bits per heavy atom. The van der Waals surface area contributed by atoms with Gasteiger partial charge in [-0.2, -0.15) is 5.01 Å². The van der Waals surface area contributed by atoms with Crippen molar-refractivity contribution in [2.24, 2.45) is 23.7 Å². The number of allylic oxidation sites excluding steroid dienone is 2. The molecule has 6 unspecified atom stereocenters. The molecule has 4 fully saturated rings. The summed E-state index contributed by atoms with van der Waals surface area (Å²) in [6.45, 7) is 4.77. The van der Waals surface area contributed by atoms with Crippen LogP contribution in [0.4, 0.5) is 17.1 Å². The van der Waals surface area contributed by atoms with Gasteiger partial charge in [-0.05, 0) is 85.3 Å². The molecule has 55 heavy (non-hydrogen) atoms. The number of carbonyl (C=O) groups is 4. The van der Waals surface area contributed by atoms with E-state index < -0.39 is 46.8 Å². The van der Waals surface area contributed by atoms with Crippen molar-refractivity contribution in [3.8, 4) is 11.5 Å². The van der Waals surface area contributed by atoms with E-state index in [1.807, 2.05) is 97.9 Å². The molecule has 11 heteroatoms. The minimum absolute atomic E-state index is 0.110. The van der Waals surface area contributed by atoms with Crippen LogP contribution >= 0.6 is 0 Å². The topological polar surface area (TPSA) is 129 Å². The van der Waals surface area contributed by atoms with Crippen molar-refractivity contribution >= 4 is 40.7 Å². The number of benzene rings is 4. The molecule has 2 aliphatic carbocycles. The Balaban J connectivity index is 1.16. The Morgan fingerprint density at radius 3 is 2.22 bits per heavy atom. The Labute approximate surface area is 319 Å². The second-order valence-electron chi connectivity index (χ2n) is 15.2. The van der Waals surface area contributed by atoms with Crippen LogP contribution in [0, 0.1) is 30.6 Å². The fourth-order valence-corrected chi connectivity index (χ4v) is 9.90. The van der Waals surface area contributed by atoms with Gasteiger partial charge in [-0.1, -0.05) is 65.7 Å². The van der Waals surface area contributed by atoms with Gasteiger partial charge in [0, 0.05) is 24.7 Å². The minimum atomic E-state index is -1.44. The lowest BCUT2D eigenvalue weighted by atomic mass is 9.49. The molecule has 0 bridgehead atoms. The van der Waals surface area contributed by atoms with E-state index in [-0.39, 0.29) is 29.7 Å². The summed E-state index contributed by atoms with van der Waals surface area (Å²) in [6.07, 6.45) is 2.49. The van der Waals surface area contributed by atoms with Crippen molar-refractivity contribution in [3.05, 3.63) is 125 Å². The average molecular weight is 739 g/mol. The zero-order chi connectivity index (χ0) is 38.0. The van der Waals surface area contributed by atoms with Crippen LogP contribution in [0.2, 0.25) is 0 Å². The van der Waals surface area contributed by atoms with Gasteiger partial charge in [-0.3, -0.25) is 29.5 Å². The number of phenols is 1. The zero-order valence-corrected chi connectivity index (χ0v) is 30.7. The number of imide groups is 2. The van der Waals surface area contributed by atoms with Gasteiger partial charge >= 0.3 is 0 Å². The number of rotatable bonds is 7. The lowest BCUT2D eigenvalue weighted by Gasteiger charge is -2.50. The van der Waals surface area contributed by atoms with Gasteiger partial charge in [-0.15, -0.1) is 0 Å². The van der Waals surface area contributed by atoms with Crippen LogP contribution in [0.3, 0.4) is 0 Å². The highest BCUT2D eigenvalue weighted by Crippen LogP contribution is 2.64. The Hall–Kier alpha value is -5.94. The predicted molar refractivity (Wildman–Crippen MR) is 205 cm³/mol. The summed E-state index contributed by atoms with van der Waals surface area (Å²) in [5.41, 5.74) is 6.88. The molecule has 280 valence electrons. The predicted octanol–water partition coefficient (Wildman–Crippen LogP) is 5.74. The number of methoxy groups -OCH3 is 1. The van der Waals surface area contributed by atoms with E-state index in [1.165, 1.54) is 12.0 Å². The number of aromatic hydroxyl groups is 1. The molecule has 4 aromatic carbocycles. The summed E-state index contributed by atoms with van der Waals surface area (Å²) in [7, 11) is 1.47. The second-order valence-corrected chi connectivity index (χ2v) is 15.2. The number of anilines is 3. The molecule has 4 amide bonds. The molecule has 3 saturated heterocycles. The SMILES string of the molecule is COc1ccc(C2C3=CCC4C(=O)N(c5ccc(N6CCOCC6)cc5)C(=O)C4C3CC3C(=O)N(Nc4ccc(C)cc4)C(=O)C32c2ccccc2)cc1O. The van der Waals surface area contributed by atoms with Crippen molar-refractivity contribution < 1.29 is 33.8 Å². The van der Waals surface area contributed by atoms with Crippen molar-refractivity contribution in [3.63, 3.8) is 0 Å². The molecular weight excluding hydrogens is 697 g/mol. The number of fused-ring (bicyclic) bond motifs is 4. The number of nitrogens with zero attached hydrogens (tertiary/aromatic N) is 3. The third-order valence-corrected chi connectivity index (χ3v) is 12.4. The largest absolute Gasteiger partial charge is 0.504 e. The maximum absolute atomic E-state index is 15.3. The number of morpholine rings is 1. The highest BCUT2D eigenvalue weighted by atomic mass is 16.5. The van der Waals surface area contributed by atoms with Crippen LogP contribution in [0.1, 0.15) is 35.4 Å². The summed E-state index contributed by atoms with van der Waals surface area (Å²) >= 11 is 0. The summed E-state index contributed by atoms with van der Waals surface area (Å²) in [6, 6.07) is 29.4. The molecule has 4 aromatic rings. The number of carbonyl (C=O) groups excluding carboxylic acids is 4. The number of hydrogen-bond donors (Lipinski definition) is 2. The van der Waals surface area contributed by atoms with Crippen molar-refractivity contribution in [2.45, 2.75) is 31.1 Å². The summed E-state index contributed by atoms with van der Waals surface area (Å²) in [5, 5.41) is 12.3. The van der Waals surface area contributed by atoms with Crippen molar-refractivity contribution in [1.29, 1.82) is 0 Å². The van der Waals surface area contributed by atoms with E-state index in [2.05, 4.69) is 10.3 Å². The highest BCUT2D eigenvalue weighted by molar-refractivity contribution is 6.22.